The molecular weight excluding hydrogens is 322 g/mol. The Morgan fingerprint density at radius 3 is 2.09 bits per heavy atom. The van der Waals surface area contributed by atoms with Gasteiger partial charge >= 0.3 is 0 Å². The van der Waals surface area contributed by atoms with Crippen molar-refractivity contribution in [2.45, 2.75) is 71.3 Å². The van der Waals surface area contributed by atoms with E-state index in [1.165, 1.54) is 0 Å². The molecule has 23 heavy (non-hydrogen) atoms. The van der Waals surface area contributed by atoms with Crippen molar-refractivity contribution in [1.82, 2.24) is 0 Å². The van der Waals surface area contributed by atoms with Crippen LogP contribution in [-0.2, 0) is 11.4 Å². The van der Waals surface area contributed by atoms with Crippen LogP contribution in [0.3, 0.4) is 0 Å². The molecule has 3 nitrogen and oxygen atoms in total. The highest BCUT2D eigenvalue weighted by Gasteiger charge is 2.39. The van der Waals surface area contributed by atoms with E-state index in [1.807, 2.05) is 52.0 Å². The van der Waals surface area contributed by atoms with Gasteiger partial charge in [-0.2, -0.15) is 0 Å². The van der Waals surface area contributed by atoms with Gasteiger partial charge in [-0.15, -0.1) is 0 Å². The predicted octanol–water partition coefficient (Wildman–Crippen LogP) is 5.34. The molecule has 1 unspecified atom stereocenters. The number of nitrogens with zero attached hydrogens (tertiary/aromatic N) is 1. The highest BCUT2D eigenvalue weighted by molar-refractivity contribution is 7.91. The average molecular weight is 354 g/mol. The van der Waals surface area contributed by atoms with E-state index in [0.29, 0.717) is 0 Å². The summed E-state index contributed by atoms with van der Waals surface area (Å²) in [4.78, 5) is 0. The largest absolute Gasteiger partial charge is 0.591 e. The van der Waals surface area contributed by atoms with Crippen LogP contribution in [0.4, 0.5) is 0 Å². The van der Waals surface area contributed by atoms with Gasteiger partial charge in [-0.3, -0.25) is 0 Å². The Kier molecular flexibility index (Phi) is 6.16. The lowest BCUT2D eigenvalue weighted by Gasteiger charge is -2.37. The number of rotatable bonds is 4. The summed E-state index contributed by atoms with van der Waals surface area (Å²) in [5, 5.41) is 0.124. The summed E-state index contributed by atoms with van der Waals surface area (Å²) >= 11 is -1.27. The van der Waals surface area contributed by atoms with Gasteiger partial charge in [-0.25, -0.2) is 0 Å². The summed E-state index contributed by atoms with van der Waals surface area (Å²) in [5.74, 6) is 0.839. The molecule has 0 aliphatic rings. The Bertz CT molecular complexity index is 571. The standard InChI is InChI=1S/C18H31NO2SSi/c1-14(19-22(20)17(2,3)4)15-12-10-11-13-16(15)21-23(8,9)18(5,6)7/h10-13H,1-9H3. The highest BCUT2D eigenvalue weighted by Crippen LogP contribution is 2.38. The first-order valence-corrected chi connectivity index (χ1v) is 12.0. The molecule has 1 rings (SSSR count). The Morgan fingerprint density at radius 1 is 1.09 bits per heavy atom. The van der Waals surface area contributed by atoms with Crippen molar-refractivity contribution in [3.63, 3.8) is 0 Å². The van der Waals surface area contributed by atoms with E-state index in [4.69, 9.17) is 4.43 Å². The molecule has 0 aliphatic heterocycles. The molecule has 0 heterocycles. The van der Waals surface area contributed by atoms with E-state index < -0.39 is 19.7 Å². The number of benzene rings is 1. The second kappa shape index (κ2) is 6.99. The lowest BCUT2D eigenvalue weighted by molar-refractivity contribution is 0.491. The van der Waals surface area contributed by atoms with Crippen molar-refractivity contribution in [3.05, 3.63) is 29.8 Å². The van der Waals surface area contributed by atoms with E-state index in [0.717, 1.165) is 17.0 Å². The highest BCUT2D eigenvalue weighted by atomic mass is 32.2. The zero-order valence-corrected chi connectivity index (χ0v) is 17.8. The first kappa shape index (κ1) is 20.3. The summed E-state index contributed by atoms with van der Waals surface area (Å²) < 4.78 is 22.8. The molecule has 0 saturated carbocycles. The monoisotopic (exact) mass is 353 g/mol. The number of hydrogen-bond acceptors (Lipinski definition) is 3. The summed E-state index contributed by atoms with van der Waals surface area (Å²) in [6.45, 7) is 18.8. The van der Waals surface area contributed by atoms with Crippen molar-refractivity contribution >= 4 is 25.4 Å². The van der Waals surface area contributed by atoms with E-state index in [9.17, 15) is 4.55 Å². The van der Waals surface area contributed by atoms with Gasteiger partial charge in [0.25, 0.3) is 8.32 Å². The SMILES string of the molecule is CC(=N[S+]([O-])C(C)(C)C)c1ccccc1O[Si](C)(C)C(C)(C)C. The fraction of sp³-hybridized carbons (Fsp3) is 0.611. The van der Waals surface area contributed by atoms with Gasteiger partial charge in [0, 0.05) is 5.56 Å². The van der Waals surface area contributed by atoms with Gasteiger partial charge in [0.15, 0.2) is 0 Å². The van der Waals surface area contributed by atoms with Gasteiger partial charge in [0.05, 0.1) is 5.71 Å². The molecule has 5 heteroatoms. The third-order valence-electron chi connectivity index (χ3n) is 4.19. The minimum Gasteiger partial charge on any atom is -0.591 e. The molecule has 0 spiro atoms. The maximum absolute atomic E-state index is 12.3. The quantitative estimate of drug-likeness (QED) is 0.416. The van der Waals surface area contributed by atoms with Crippen molar-refractivity contribution in [3.8, 4) is 5.75 Å². The van der Waals surface area contributed by atoms with Gasteiger partial charge < -0.3 is 8.98 Å². The second-order valence-electron chi connectivity index (χ2n) is 8.40. The third kappa shape index (κ3) is 5.36. The van der Waals surface area contributed by atoms with Crippen molar-refractivity contribution in [2.24, 2.45) is 4.40 Å². The van der Waals surface area contributed by atoms with Crippen LogP contribution in [0.5, 0.6) is 5.75 Å². The molecule has 0 radical (unpaired) electrons. The van der Waals surface area contributed by atoms with Crippen LogP contribution in [0.15, 0.2) is 28.7 Å². The fourth-order valence-corrected chi connectivity index (χ4v) is 3.25. The minimum absolute atomic E-state index is 0.124. The van der Waals surface area contributed by atoms with Crippen LogP contribution < -0.4 is 4.43 Å². The summed E-state index contributed by atoms with van der Waals surface area (Å²) in [7, 11) is -1.93. The van der Waals surface area contributed by atoms with Crippen molar-refractivity contribution in [1.29, 1.82) is 0 Å². The molecular formula is C18H31NO2SSi. The normalized spacial score (nSPS) is 15.5. The van der Waals surface area contributed by atoms with Crippen LogP contribution in [0.25, 0.3) is 0 Å². The fourth-order valence-electron chi connectivity index (χ4n) is 1.59. The lowest BCUT2D eigenvalue weighted by Crippen LogP contribution is -2.44. The topological polar surface area (TPSA) is 44.7 Å². The smallest absolute Gasteiger partial charge is 0.250 e. The Balaban J connectivity index is 3.19. The summed E-state index contributed by atoms with van der Waals surface area (Å²) in [6, 6.07) is 7.91. The maximum atomic E-state index is 12.3. The van der Waals surface area contributed by atoms with Gasteiger partial charge in [-0.05, 0) is 58.0 Å². The Labute approximate surface area is 146 Å². The van der Waals surface area contributed by atoms with Crippen LogP contribution >= 0.6 is 0 Å². The molecule has 0 fully saturated rings. The van der Waals surface area contributed by atoms with E-state index in [-0.39, 0.29) is 9.79 Å². The van der Waals surface area contributed by atoms with Crippen LogP contribution in [0.1, 0.15) is 54.0 Å². The van der Waals surface area contributed by atoms with Crippen LogP contribution in [0.2, 0.25) is 18.1 Å². The first-order valence-electron chi connectivity index (χ1n) is 8.01. The zero-order chi connectivity index (χ0) is 18.1. The molecule has 0 bridgehead atoms. The summed E-state index contributed by atoms with van der Waals surface area (Å²) in [6.07, 6.45) is 0. The van der Waals surface area contributed by atoms with Gasteiger partial charge in [-0.1, -0.05) is 37.3 Å². The van der Waals surface area contributed by atoms with Crippen LogP contribution in [-0.4, -0.2) is 23.3 Å². The molecule has 0 N–H and O–H groups in total. The molecule has 1 aromatic rings. The van der Waals surface area contributed by atoms with E-state index in [1.54, 1.807) is 0 Å². The molecule has 0 aliphatic carbocycles. The molecule has 0 aromatic heterocycles. The maximum Gasteiger partial charge on any atom is 0.250 e. The number of para-hydroxylation sites is 1. The Hall–Kier alpha value is -0.783. The predicted molar refractivity (Wildman–Crippen MR) is 104 cm³/mol. The third-order valence-corrected chi connectivity index (χ3v) is 10.0. The van der Waals surface area contributed by atoms with E-state index in [2.05, 4.69) is 38.3 Å². The molecule has 0 saturated heterocycles. The molecule has 1 aromatic carbocycles. The summed E-state index contributed by atoms with van der Waals surface area (Å²) in [5.41, 5.74) is 1.68. The molecule has 1 atom stereocenters. The van der Waals surface area contributed by atoms with E-state index >= 15 is 0 Å². The first-order chi connectivity index (χ1) is 10.3. The van der Waals surface area contributed by atoms with Crippen molar-refractivity contribution < 1.29 is 8.98 Å². The van der Waals surface area contributed by atoms with Crippen LogP contribution in [0, 0.1) is 0 Å². The average Bonchev–Trinajstić information content (AvgIpc) is 2.36. The molecule has 130 valence electrons. The number of hydrogen-bond donors (Lipinski definition) is 0. The van der Waals surface area contributed by atoms with Crippen molar-refractivity contribution in [2.75, 3.05) is 0 Å². The molecule has 0 amide bonds. The second-order valence-corrected chi connectivity index (χ2v) is 15.0. The van der Waals surface area contributed by atoms with Gasteiger partial charge in [0.2, 0.25) is 0 Å². The zero-order valence-electron chi connectivity index (χ0n) is 16.0. The lowest BCUT2D eigenvalue weighted by atomic mass is 10.1. The Morgan fingerprint density at radius 2 is 1.61 bits per heavy atom. The van der Waals surface area contributed by atoms with Gasteiger partial charge in [0.1, 0.15) is 21.9 Å². The minimum atomic E-state index is -1.93.